The van der Waals surface area contributed by atoms with Crippen molar-refractivity contribution in [1.82, 2.24) is 0 Å². The van der Waals surface area contributed by atoms with Gasteiger partial charge in [0.05, 0.1) is 0 Å². The van der Waals surface area contributed by atoms with E-state index in [0.717, 1.165) is 10.8 Å². The maximum absolute atomic E-state index is 9.13. The maximum Gasteiger partial charge on any atom is 0.394 e. The van der Waals surface area contributed by atoms with Crippen molar-refractivity contribution in [1.29, 1.82) is 0 Å². The van der Waals surface area contributed by atoms with Crippen LogP contribution in [0.25, 0.3) is 10.8 Å². The molecule has 3 N–H and O–H groups in total. The summed E-state index contributed by atoms with van der Waals surface area (Å²) in [6.45, 7) is 0. The average Bonchev–Trinajstić information content (AvgIpc) is 2.15. The number of benzene rings is 2. The fraction of sp³-hybridized carbons (Fsp3) is 0. The molecule has 2 aromatic rings. The third-order valence-electron chi connectivity index (χ3n) is 1.73. The predicted molar refractivity (Wildman–Crippen MR) is 59.8 cm³/mol. The maximum atomic E-state index is 9.13. The molecular weight excluding hydrogens is 232 g/mol. The largest absolute Gasteiger partial charge is 0.508 e. The van der Waals surface area contributed by atoms with Gasteiger partial charge in [0.1, 0.15) is 5.75 Å². The highest BCUT2D eigenvalue weighted by Crippen LogP contribution is 2.18. The van der Waals surface area contributed by atoms with Crippen LogP contribution in [-0.2, 0) is 10.4 Å². The van der Waals surface area contributed by atoms with Gasteiger partial charge < -0.3 is 5.11 Å². The molecule has 6 heteroatoms. The summed E-state index contributed by atoms with van der Waals surface area (Å²) in [5.41, 5.74) is 0. The number of rotatable bonds is 0. The Morgan fingerprint density at radius 1 is 0.875 bits per heavy atom. The van der Waals surface area contributed by atoms with Crippen molar-refractivity contribution >= 4 is 21.2 Å². The first-order chi connectivity index (χ1) is 7.36. The molecule has 0 saturated carbocycles. The molecule has 0 aliphatic carbocycles. The number of phenols is 1. The van der Waals surface area contributed by atoms with Crippen molar-refractivity contribution in [3.05, 3.63) is 42.5 Å². The lowest BCUT2D eigenvalue weighted by molar-refractivity contribution is 0.381. The summed E-state index contributed by atoms with van der Waals surface area (Å²) < 4.78 is 31.6. The number of aromatic hydroxyl groups is 1. The SMILES string of the molecule is O=S(=O)(O)O.Oc1ccc2ccccc2c1. The standard InChI is InChI=1S/C10H8O.H2O4S/c11-10-6-5-8-3-1-2-4-9(8)7-10;1-5(2,3)4/h1-7,11H;(H2,1,2,3,4). The van der Waals surface area contributed by atoms with Gasteiger partial charge in [-0.1, -0.05) is 30.3 Å². The molecule has 16 heavy (non-hydrogen) atoms. The molecule has 0 heterocycles. The van der Waals surface area contributed by atoms with E-state index < -0.39 is 10.4 Å². The highest BCUT2D eigenvalue weighted by molar-refractivity contribution is 7.79. The Morgan fingerprint density at radius 2 is 1.38 bits per heavy atom. The molecule has 0 aliphatic heterocycles. The molecule has 86 valence electrons. The minimum absolute atomic E-state index is 0.323. The number of hydrogen-bond donors (Lipinski definition) is 3. The second kappa shape index (κ2) is 4.93. The van der Waals surface area contributed by atoms with Gasteiger partial charge in [0.25, 0.3) is 0 Å². The molecule has 2 aromatic carbocycles. The van der Waals surface area contributed by atoms with Crippen LogP contribution in [-0.4, -0.2) is 22.6 Å². The lowest BCUT2D eigenvalue weighted by Gasteiger charge is -1.96. The van der Waals surface area contributed by atoms with Gasteiger partial charge in [-0.15, -0.1) is 0 Å². The summed E-state index contributed by atoms with van der Waals surface area (Å²) in [4.78, 5) is 0. The molecule has 0 spiro atoms. The van der Waals surface area contributed by atoms with Crippen molar-refractivity contribution in [2.24, 2.45) is 0 Å². The van der Waals surface area contributed by atoms with Gasteiger partial charge in [-0.25, -0.2) is 0 Å². The second-order valence-electron chi connectivity index (χ2n) is 2.98. The van der Waals surface area contributed by atoms with Crippen LogP contribution < -0.4 is 0 Å². The third-order valence-corrected chi connectivity index (χ3v) is 1.73. The Bertz CT molecular complexity index is 569. The van der Waals surface area contributed by atoms with Crippen LogP contribution in [0.1, 0.15) is 0 Å². The molecule has 0 aromatic heterocycles. The van der Waals surface area contributed by atoms with E-state index in [0.29, 0.717) is 5.75 Å². The summed E-state index contributed by atoms with van der Waals surface area (Å²) in [5, 5.41) is 11.4. The molecule has 0 fully saturated rings. The zero-order valence-electron chi connectivity index (χ0n) is 8.11. The normalized spacial score (nSPS) is 10.6. The van der Waals surface area contributed by atoms with Crippen LogP contribution in [0.2, 0.25) is 0 Å². The lowest BCUT2D eigenvalue weighted by Crippen LogP contribution is -1.89. The van der Waals surface area contributed by atoms with E-state index in [2.05, 4.69) is 0 Å². The van der Waals surface area contributed by atoms with E-state index in [1.54, 1.807) is 12.1 Å². The fourth-order valence-corrected chi connectivity index (χ4v) is 1.18. The van der Waals surface area contributed by atoms with Crippen molar-refractivity contribution in [2.45, 2.75) is 0 Å². The fourth-order valence-electron chi connectivity index (χ4n) is 1.18. The van der Waals surface area contributed by atoms with Crippen LogP contribution in [0.4, 0.5) is 0 Å². The van der Waals surface area contributed by atoms with Crippen molar-refractivity contribution in [3.63, 3.8) is 0 Å². The first-order valence-electron chi connectivity index (χ1n) is 4.24. The molecule has 0 amide bonds. The molecule has 0 atom stereocenters. The highest BCUT2D eigenvalue weighted by Gasteiger charge is 1.91. The van der Waals surface area contributed by atoms with E-state index in [-0.39, 0.29) is 0 Å². The van der Waals surface area contributed by atoms with Gasteiger partial charge in [-0.2, -0.15) is 8.42 Å². The zero-order chi connectivity index (χ0) is 12.2. The first-order valence-corrected chi connectivity index (χ1v) is 5.63. The number of hydrogen-bond acceptors (Lipinski definition) is 3. The molecule has 0 saturated heterocycles. The zero-order valence-corrected chi connectivity index (χ0v) is 8.92. The van der Waals surface area contributed by atoms with E-state index >= 15 is 0 Å². The second-order valence-corrected chi connectivity index (χ2v) is 3.87. The van der Waals surface area contributed by atoms with Crippen LogP contribution in [0, 0.1) is 0 Å². The minimum Gasteiger partial charge on any atom is -0.508 e. The lowest BCUT2D eigenvalue weighted by atomic mass is 10.1. The Morgan fingerprint density at radius 3 is 1.94 bits per heavy atom. The summed E-state index contributed by atoms with van der Waals surface area (Å²) >= 11 is 0. The van der Waals surface area contributed by atoms with Gasteiger partial charge in [0.2, 0.25) is 0 Å². The van der Waals surface area contributed by atoms with Crippen LogP contribution >= 0.6 is 0 Å². The van der Waals surface area contributed by atoms with Crippen molar-refractivity contribution in [3.8, 4) is 5.75 Å². The van der Waals surface area contributed by atoms with Crippen LogP contribution in [0.5, 0.6) is 5.75 Å². The quantitative estimate of drug-likeness (QED) is 0.613. The first kappa shape index (κ1) is 12.4. The van der Waals surface area contributed by atoms with Crippen LogP contribution in [0.3, 0.4) is 0 Å². The van der Waals surface area contributed by atoms with Gasteiger partial charge in [-0.3, -0.25) is 9.11 Å². The molecular formula is C10H10O5S. The molecule has 0 bridgehead atoms. The Kier molecular flexibility index (Phi) is 3.83. The van der Waals surface area contributed by atoms with Gasteiger partial charge in [-0.05, 0) is 22.9 Å². The van der Waals surface area contributed by atoms with Crippen LogP contribution in [0.15, 0.2) is 42.5 Å². The number of fused-ring (bicyclic) bond motifs is 1. The van der Waals surface area contributed by atoms with E-state index in [4.69, 9.17) is 22.6 Å². The summed E-state index contributed by atoms with van der Waals surface area (Å²) in [7, 11) is -4.67. The van der Waals surface area contributed by atoms with Gasteiger partial charge in [0, 0.05) is 0 Å². The van der Waals surface area contributed by atoms with E-state index in [9.17, 15) is 0 Å². The predicted octanol–water partition coefficient (Wildman–Crippen LogP) is 1.89. The van der Waals surface area contributed by atoms with E-state index in [1.165, 1.54) is 0 Å². The summed E-state index contributed by atoms with van der Waals surface area (Å²) in [6.07, 6.45) is 0. The summed E-state index contributed by atoms with van der Waals surface area (Å²) in [5.74, 6) is 0.323. The Balaban J connectivity index is 0.000000221. The average molecular weight is 242 g/mol. The Labute approximate surface area is 92.5 Å². The third kappa shape index (κ3) is 4.74. The monoisotopic (exact) mass is 242 g/mol. The minimum atomic E-state index is -4.67. The Hall–Kier alpha value is -1.63. The molecule has 0 aliphatic rings. The summed E-state index contributed by atoms with van der Waals surface area (Å²) in [6, 6.07) is 13.3. The highest BCUT2D eigenvalue weighted by atomic mass is 32.3. The van der Waals surface area contributed by atoms with E-state index in [1.807, 2.05) is 30.3 Å². The van der Waals surface area contributed by atoms with Crippen molar-refractivity contribution < 1.29 is 22.6 Å². The number of phenolic OH excluding ortho intramolecular Hbond substituents is 1. The van der Waals surface area contributed by atoms with Crippen molar-refractivity contribution in [2.75, 3.05) is 0 Å². The van der Waals surface area contributed by atoms with Gasteiger partial charge in [0.15, 0.2) is 0 Å². The topological polar surface area (TPSA) is 94.8 Å². The molecule has 0 unspecified atom stereocenters. The molecule has 5 nitrogen and oxygen atoms in total. The molecule has 0 radical (unpaired) electrons. The van der Waals surface area contributed by atoms with Gasteiger partial charge >= 0.3 is 10.4 Å². The molecule has 2 rings (SSSR count). The smallest absolute Gasteiger partial charge is 0.394 e.